The van der Waals surface area contributed by atoms with Gasteiger partial charge in [0.15, 0.2) is 8.32 Å². The van der Waals surface area contributed by atoms with Gasteiger partial charge in [-0.25, -0.2) is 0 Å². The summed E-state index contributed by atoms with van der Waals surface area (Å²) in [4.78, 5) is 0. The van der Waals surface area contributed by atoms with Gasteiger partial charge in [-0.05, 0) is 80.8 Å². The Kier molecular flexibility index (Phi) is 4.32. The Morgan fingerprint density at radius 3 is 2.00 bits per heavy atom. The highest BCUT2D eigenvalue weighted by Gasteiger charge is 2.51. The summed E-state index contributed by atoms with van der Waals surface area (Å²) >= 11 is 0. The average Bonchev–Trinajstić information content (AvgIpc) is 3.21. The maximum Gasteiger partial charge on any atom is 0.191 e. The Balaban J connectivity index is 1.44. The minimum absolute atomic E-state index is 0.338. The molecule has 3 rings (SSSR count). The third-order valence-corrected chi connectivity index (χ3v) is 11.9. The van der Waals surface area contributed by atoms with Crippen molar-refractivity contribution in [2.24, 2.45) is 11.3 Å². The highest BCUT2D eigenvalue weighted by molar-refractivity contribution is 6.74. The molecule has 3 fully saturated rings. The molecule has 2 aliphatic carbocycles. The van der Waals surface area contributed by atoms with E-state index in [4.69, 9.17) is 9.16 Å². The normalized spacial score (nSPS) is 39.4. The molecule has 22 heavy (non-hydrogen) atoms. The zero-order valence-electron chi connectivity index (χ0n) is 15.5. The lowest BCUT2D eigenvalue weighted by Crippen LogP contribution is -2.43. The van der Waals surface area contributed by atoms with E-state index < -0.39 is 8.32 Å². The summed E-state index contributed by atoms with van der Waals surface area (Å²) < 4.78 is 12.2. The molecule has 0 bridgehead atoms. The van der Waals surface area contributed by atoms with E-state index in [-0.39, 0.29) is 0 Å². The van der Waals surface area contributed by atoms with E-state index >= 15 is 0 Å². The maximum atomic E-state index is 6.47. The Bertz CT molecular complexity index is 386. The number of rotatable bonds is 3. The van der Waals surface area contributed by atoms with Crippen LogP contribution in [0.5, 0.6) is 0 Å². The fraction of sp³-hybridized carbons (Fsp3) is 1.00. The van der Waals surface area contributed by atoms with Crippen molar-refractivity contribution in [3.8, 4) is 0 Å². The zero-order chi connectivity index (χ0) is 16.1. The van der Waals surface area contributed by atoms with E-state index in [1.807, 2.05) is 0 Å². The predicted molar refractivity (Wildman–Crippen MR) is 94.7 cm³/mol. The summed E-state index contributed by atoms with van der Waals surface area (Å²) in [5.74, 6) is 0.813. The molecule has 0 N–H and O–H groups in total. The molecule has 0 unspecified atom stereocenters. The predicted octanol–water partition coefficient (Wildman–Crippen LogP) is 5.53. The Labute approximate surface area is 138 Å². The number of epoxide rings is 1. The van der Waals surface area contributed by atoms with Crippen LogP contribution in [0, 0.1) is 11.3 Å². The van der Waals surface area contributed by atoms with Crippen molar-refractivity contribution in [2.75, 3.05) is 13.2 Å². The maximum absolute atomic E-state index is 6.47. The van der Waals surface area contributed by atoms with Crippen molar-refractivity contribution in [3.63, 3.8) is 0 Å². The van der Waals surface area contributed by atoms with Gasteiger partial charge >= 0.3 is 0 Å². The lowest BCUT2D eigenvalue weighted by Gasteiger charge is -2.45. The highest BCUT2D eigenvalue weighted by atomic mass is 28.4. The van der Waals surface area contributed by atoms with Gasteiger partial charge in [0.05, 0.1) is 12.2 Å². The second-order valence-corrected chi connectivity index (χ2v) is 14.8. The van der Waals surface area contributed by atoms with Crippen LogP contribution in [0.3, 0.4) is 0 Å². The standard InChI is InChI=1S/C19H36O2Si/c1-17(2,3)22(4,5)21-14-16-6-8-18(9-7-16)10-12-19(13-11-18)15-20-19/h16H,6-15H2,1-5H3. The smallest absolute Gasteiger partial charge is 0.191 e. The van der Waals surface area contributed by atoms with Crippen molar-refractivity contribution < 1.29 is 9.16 Å². The van der Waals surface area contributed by atoms with E-state index in [2.05, 4.69) is 33.9 Å². The van der Waals surface area contributed by atoms with Gasteiger partial charge in [-0.3, -0.25) is 0 Å². The molecule has 0 aromatic heterocycles. The summed E-state index contributed by atoms with van der Waals surface area (Å²) in [7, 11) is -1.56. The van der Waals surface area contributed by atoms with Gasteiger partial charge in [0, 0.05) is 6.61 Å². The van der Waals surface area contributed by atoms with Gasteiger partial charge in [0.25, 0.3) is 0 Å². The van der Waals surface area contributed by atoms with Crippen molar-refractivity contribution >= 4 is 8.32 Å². The third-order valence-electron chi connectivity index (χ3n) is 7.43. The van der Waals surface area contributed by atoms with Gasteiger partial charge in [0.2, 0.25) is 0 Å². The average molecular weight is 325 g/mol. The molecule has 2 spiro atoms. The first-order valence-electron chi connectivity index (χ1n) is 9.44. The van der Waals surface area contributed by atoms with E-state index in [9.17, 15) is 0 Å². The highest BCUT2D eigenvalue weighted by Crippen LogP contribution is 2.55. The molecule has 2 saturated carbocycles. The molecule has 0 radical (unpaired) electrons. The molecule has 1 aliphatic heterocycles. The second kappa shape index (κ2) is 5.60. The Hall–Kier alpha value is 0.137. The van der Waals surface area contributed by atoms with Crippen LogP contribution in [0.1, 0.15) is 72.1 Å². The lowest BCUT2D eigenvalue weighted by atomic mass is 9.61. The Morgan fingerprint density at radius 1 is 1.00 bits per heavy atom. The zero-order valence-corrected chi connectivity index (χ0v) is 16.5. The topological polar surface area (TPSA) is 21.8 Å². The van der Waals surface area contributed by atoms with Crippen LogP contribution in [0.2, 0.25) is 18.1 Å². The minimum atomic E-state index is -1.56. The Morgan fingerprint density at radius 2 is 1.55 bits per heavy atom. The molecule has 0 aromatic rings. The first kappa shape index (κ1) is 17.0. The number of ether oxygens (including phenoxy) is 1. The van der Waals surface area contributed by atoms with Gasteiger partial charge < -0.3 is 9.16 Å². The molecule has 0 aromatic carbocycles. The van der Waals surface area contributed by atoms with E-state index in [0.717, 1.165) is 19.1 Å². The van der Waals surface area contributed by atoms with Crippen LogP contribution >= 0.6 is 0 Å². The van der Waals surface area contributed by atoms with Crippen molar-refractivity contribution in [2.45, 2.75) is 95.9 Å². The van der Waals surface area contributed by atoms with Crippen molar-refractivity contribution in [3.05, 3.63) is 0 Å². The van der Waals surface area contributed by atoms with Crippen LogP contribution < -0.4 is 0 Å². The quantitative estimate of drug-likeness (QED) is 0.503. The molecule has 2 nitrogen and oxygen atoms in total. The lowest BCUT2D eigenvalue weighted by molar-refractivity contribution is 0.0491. The van der Waals surface area contributed by atoms with E-state index in [0.29, 0.717) is 16.1 Å². The summed E-state index contributed by atoms with van der Waals surface area (Å²) in [6.07, 6.45) is 11.2. The van der Waals surface area contributed by atoms with Gasteiger partial charge in [-0.1, -0.05) is 20.8 Å². The number of hydrogen-bond acceptors (Lipinski definition) is 2. The largest absolute Gasteiger partial charge is 0.417 e. The van der Waals surface area contributed by atoms with E-state index in [1.54, 1.807) is 0 Å². The second-order valence-electron chi connectivity index (χ2n) is 9.99. The summed E-state index contributed by atoms with van der Waals surface area (Å²) in [5, 5.41) is 0.338. The molecule has 128 valence electrons. The molecule has 1 saturated heterocycles. The van der Waals surface area contributed by atoms with Gasteiger partial charge in [-0.15, -0.1) is 0 Å². The molecule has 0 amide bonds. The minimum Gasteiger partial charge on any atom is -0.417 e. The monoisotopic (exact) mass is 324 g/mol. The first-order chi connectivity index (χ1) is 10.2. The van der Waals surface area contributed by atoms with Crippen molar-refractivity contribution in [1.29, 1.82) is 0 Å². The van der Waals surface area contributed by atoms with Gasteiger partial charge in [0.1, 0.15) is 0 Å². The van der Waals surface area contributed by atoms with Crippen LogP contribution in [-0.4, -0.2) is 27.1 Å². The molecule has 0 atom stereocenters. The first-order valence-corrected chi connectivity index (χ1v) is 12.3. The van der Waals surface area contributed by atoms with Crippen LogP contribution in [0.15, 0.2) is 0 Å². The molecule has 1 heterocycles. The number of hydrogen-bond donors (Lipinski definition) is 0. The summed E-state index contributed by atoms with van der Waals surface area (Å²) in [6, 6.07) is 0. The summed E-state index contributed by atoms with van der Waals surface area (Å²) in [5.41, 5.74) is 1.03. The van der Waals surface area contributed by atoms with Crippen LogP contribution in [0.25, 0.3) is 0 Å². The summed E-state index contributed by atoms with van der Waals surface area (Å²) in [6.45, 7) is 13.8. The van der Waals surface area contributed by atoms with Crippen LogP contribution in [0.4, 0.5) is 0 Å². The molecule has 3 heteroatoms. The molecular formula is C19H36O2Si. The molecule has 3 aliphatic rings. The van der Waals surface area contributed by atoms with Crippen molar-refractivity contribution in [1.82, 2.24) is 0 Å². The van der Waals surface area contributed by atoms with Crippen LogP contribution in [-0.2, 0) is 9.16 Å². The SMILES string of the molecule is CC(C)(C)[Si](C)(C)OCC1CCC2(CC1)CCC1(CC2)CO1. The fourth-order valence-electron chi connectivity index (χ4n) is 4.13. The van der Waals surface area contributed by atoms with Gasteiger partial charge in [-0.2, -0.15) is 0 Å². The fourth-order valence-corrected chi connectivity index (χ4v) is 5.21. The molecular weight excluding hydrogens is 288 g/mol. The van der Waals surface area contributed by atoms with E-state index in [1.165, 1.54) is 51.4 Å². The third kappa shape index (κ3) is 3.46.